The number of methoxy groups -OCH3 is 1. The van der Waals surface area contributed by atoms with Gasteiger partial charge < -0.3 is 14.2 Å². The van der Waals surface area contributed by atoms with Crippen molar-refractivity contribution in [3.05, 3.63) is 23.0 Å². The Kier molecular flexibility index (Phi) is 6.21. The van der Waals surface area contributed by atoms with Crippen molar-refractivity contribution in [2.45, 2.75) is 83.0 Å². The predicted octanol–water partition coefficient (Wildman–Crippen LogP) is 5.53. The van der Waals surface area contributed by atoms with Crippen LogP contribution in [0.25, 0.3) is 0 Å². The van der Waals surface area contributed by atoms with E-state index in [-0.39, 0.29) is 42.3 Å². The Balaban J connectivity index is 1.53. The molecule has 2 aliphatic heterocycles. The molecule has 0 bridgehead atoms. The SMILES string of the molecule is COc1cc2c(c(F)c1OCC1CCCC1(F)F)CCN1CC(OC(C)(C)C)CCC21. The fourth-order valence-electron chi connectivity index (χ4n) is 5.35. The van der Waals surface area contributed by atoms with Gasteiger partial charge in [0.25, 0.3) is 5.92 Å². The number of halogens is 3. The number of benzene rings is 1. The van der Waals surface area contributed by atoms with Gasteiger partial charge in [0.05, 0.1) is 31.3 Å². The quantitative estimate of drug-likeness (QED) is 0.602. The Morgan fingerprint density at radius 2 is 1.97 bits per heavy atom. The molecule has 3 aliphatic rings. The lowest BCUT2D eigenvalue weighted by Gasteiger charge is -2.45. The third kappa shape index (κ3) is 4.68. The fraction of sp³-hybridized carbons (Fsp3) is 0.750. The van der Waals surface area contributed by atoms with Crippen molar-refractivity contribution in [2.75, 3.05) is 26.8 Å². The van der Waals surface area contributed by atoms with E-state index in [0.717, 1.165) is 31.5 Å². The van der Waals surface area contributed by atoms with Gasteiger partial charge in [-0.25, -0.2) is 13.2 Å². The Hall–Kier alpha value is -1.47. The lowest BCUT2D eigenvalue weighted by Crippen LogP contribution is -2.47. The summed E-state index contributed by atoms with van der Waals surface area (Å²) in [6.07, 6.45) is 3.27. The van der Waals surface area contributed by atoms with Crippen molar-refractivity contribution in [3.8, 4) is 11.5 Å². The summed E-state index contributed by atoms with van der Waals surface area (Å²) in [5.74, 6) is -3.81. The van der Waals surface area contributed by atoms with Gasteiger partial charge in [0.15, 0.2) is 17.3 Å². The van der Waals surface area contributed by atoms with Crippen molar-refractivity contribution in [3.63, 3.8) is 0 Å². The number of fused-ring (bicyclic) bond motifs is 3. The van der Waals surface area contributed by atoms with E-state index in [9.17, 15) is 8.78 Å². The normalized spacial score (nSPS) is 28.2. The molecule has 0 amide bonds. The van der Waals surface area contributed by atoms with Crippen LogP contribution in [0.5, 0.6) is 11.5 Å². The zero-order valence-electron chi connectivity index (χ0n) is 19.0. The van der Waals surface area contributed by atoms with Crippen LogP contribution in [-0.4, -0.2) is 49.3 Å². The molecule has 4 rings (SSSR count). The van der Waals surface area contributed by atoms with Gasteiger partial charge in [0.1, 0.15) is 0 Å². The Labute approximate surface area is 183 Å². The van der Waals surface area contributed by atoms with Crippen LogP contribution in [0.1, 0.15) is 70.0 Å². The van der Waals surface area contributed by atoms with E-state index in [1.54, 1.807) is 0 Å². The lowest BCUT2D eigenvalue weighted by atomic mass is 9.85. The van der Waals surface area contributed by atoms with Crippen LogP contribution in [0.2, 0.25) is 0 Å². The van der Waals surface area contributed by atoms with Gasteiger partial charge in [-0.2, -0.15) is 0 Å². The number of alkyl halides is 2. The summed E-state index contributed by atoms with van der Waals surface area (Å²) in [6, 6.07) is 1.96. The second kappa shape index (κ2) is 8.47. The van der Waals surface area contributed by atoms with Gasteiger partial charge in [-0.3, -0.25) is 4.90 Å². The van der Waals surface area contributed by atoms with Crippen LogP contribution in [0.3, 0.4) is 0 Å². The Bertz CT molecular complexity index is 808. The molecule has 1 saturated heterocycles. The molecule has 3 unspecified atom stereocenters. The molecular weight excluding hydrogens is 407 g/mol. The van der Waals surface area contributed by atoms with E-state index < -0.39 is 17.7 Å². The maximum absolute atomic E-state index is 15.5. The highest BCUT2D eigenvalue weighted by Crippen LogP contribution is 2.46. The maximum atomic E-state index is 15.5. The first-order chi connectivity index (χ1) is 14.6. The van der Waals surface area contributed by atoms with Crippen LogP contribution >= 0.6 is 0 Å². The first-order valence-corrected chi connectivity index (χ1v) is 11.4. The summed E-state index contributed by atoms with van der Waals surface area (Å²) in [4.78, 5) is 2.36. The summed E-state index contributed by atoms with van der Waals surface area (Å²) in [5.41, 5.74) is 1.36. The summed E-state index contributed by atoms with van der Waals surface area (Å²) in [7, 11) is 1.47. The smallest absolute Gasteiger partial charge is 0.254 e. The second-order valence-corrected chi connectivity index (χ2v) is 10.1. The Morgan fingerprint density at radius 3 is 2.61 bits per heavy atom. The highest BCUT2D eigenvalue weighted by molar-refractivity contribution is 5.51. The maximum Gasteiger partial charge on any atom is 0.254 e. The van der Waals surface area contributed by atoms with Crippen molar-refractivity contribution in [2.24, 2.45) is 5.92 Å². The molecule has 1 saturated carbocycles. The first kappa shape index (κ1) is 22.7. The molecule has 31 heavy (non-hydrogen) atoms. The van der Waals surface area contributed by atoms with Crippen molar-refractivity contribution < 1.29 is 27.4 Å². The number of rotatable bonds is 5. The van der Waals surface area contributed by atoms with Crippen molar-refractivity contribution in [1.29, 1.82) is 0 Å². The van der Waals surface area contributed by atoms with Crippen LogP contribution in [0.15, 0.2) is 6.07 Å². The molecule has 2 heterocycles. The summed E-state index contributed by atoms with van der Waals surface area (Å²) in [5, 5.41) is 0. The van der Waals surface area contributed by atoms with E-state index >= 15 is 4.39 Å². The van der Waals surface area contributed by atoms with E-state index in [0.29, 0.717) is 24.8 Å². The van der Waals surface area contributed by atoms with E-state index in [1.165, 1.54) is 7.11 Å². The number of ether oxygens (including phenoxy) is 3. The average molecular weight is 442 g/mol. The molecule has 3 atom stereocenters. The summed E-state index contributed by atoms with van der Waals surface area (Å²) >= 11 is 0. The molecule has 0 N–H and O–H groups in total. The van der Waals surface area contributed by atoms with Gasteiger partial charge in [-0.1, -0.05) is 0 Å². The second-order valence-electron chi connectivity index (χ2n) is 10.1. The van der Waals surface area contributed by atoms with Gasteiger partial charge in [0.2, 0.25) is 0 Å². The van der Waals surface area contributed by atoms with Crippen LogP contribution in [0, 0.1) is 11.7 Å². The van der Waals surface area contributed by atoms with Crippen molar-refractivity contribution in [1.82, 2.24) is 4.90 Å². The third-order valence-electron chi connectivity index (χ3n) is 6.80. The minimum Gasteiger partial charge on any atom is -0.493 e. The van der Waals surface area contributed by atoms with Crippen molar-refractivity contribution >= 4 is 0 Å². The average Bonchev–Trinajstić information content (AvgIpc) is 3.03. The summed E-state index contributed by atoms with van der Waals surface area (Å²) in [6.45, 7) is 7.56. The van der Waals surface area contributed by atoms with Gasteiger partial charge in [-0.15, -0.1) is 0 Å². The van der Waals surface area contributed by atoms with Crippen LogP contribution in [-0.2, 0) is 11.2 Å². The largest absolute Gasteiger partial charge is 0.493 e. The molecule has 7 heteroatoms. The third-order valence-corrected chi connectivity index (χ3v) is 6.80. The highest BCUT2D eigenvalue weighted by Gasteiger charge is 2.44. The van der Waals surface area contributed by atoms with E-state index in [2.05, 4.69) is 25.7 Å². The van der Waals surface area contributed by atoms with Crippen LogP contribution < -0.4 is 9.47 Å². The van der Waals surface area contributed by atoms with Gasteiger partial charge in [-0.05, 0) is 70.1 Å². The zero-order chi connectivity index (χ0) is 22.4. The highest BCUT2D eigenvalue weighted by atomic mass is 19.3. The van der Waals surface area contributed by atoms with E-state index in [4.69, 9.17) is 14.2 Å². The molecule has 1 aromatic carbocycles. The predicted molar refractivity (Wildman–Crippen MR) is 113 cm³/mol. The number of nitrogens with zero attached hydrogens (tertiary/aromatic N) is 1. The summed E-state index contributed by atoms with van der Waals surface area (Å²) < 4.78 is 60.7. The molecule has 2 fully saturated rings. The standard InChI is InChI=1S/C24H34F3NO3/c1-23(2,3)31-16-7-8-19-18-12-20(29-4)22(21(25)17(18)9-11-28(19)13-16)30-14-15-6-5-10-24(15,26)27/h12,15-16,19H,5-11,13-14H2,1-4H3. The number of piperidine rings is 1. The first-order valence-electron chi connectivity index (χ1n) is 11.4. The number of hydrogen-bond acceptors (Lipinski definition) is 4. The topological polar surface area (TPSA) is 30.9 Å². The molecule has 0 aromatic heterocycles. The zero-order valence-corrected chi connectivity index (χ0v) is 19.0. The molecular formula is C24H34F3NO3. The molecule has 1 aliphatic carbocycles. The Morgan fingerprint density at radius 1 is 1.19 bits per heavy atom. The molecule has 1 aromatic rings. The minimum atomic E-state index is -2.74. The monoisotopic (exact) mass is 441 g/mol. The van der Waals surface area contributed by atoms with Gasteiger partial charge in [0, 0.05) is 25.6 Å². The molecule has 4 nitrogen and oxygen atoms in total. The fourth-order valence-corrected chi connectivity index (χ4v) is 5.35. The number of hydrogen-bond donors (Lipinski definition) is 0. The molecule has 0 radical (unpaired) electrons. The minimum absolute atomic E-state index is 0.0258. The lowest BCUT2D eigenvalue weighted by molar-refractivity contribution is -0.0972. The molecule has 174 valence electrons. The van der Waals surface area contributed by atoms with Gasteiger partial charge >= 0.3 is 0 Å². The van der Waals surface area contributed by atoms with Crippen LogP contribution in [0.4, 0.5) is 13.2 Å². The van der Waals surface area contributed by atoms with E-state index in [1.807, 2.05) is 6.07 Å². The molecule has 0 spiro atoms.